The molecule has 0 fully saturated rings. The van der Waals surface area contributed by atoms with Gasteiger partial charge >= 0.3 is 6.09 Å². The maximum atomic E-state index is 13.1. The Balaban J connectivity index is 1.68. The first-order valence-electron chi connectivity index (χ1n) is 10.1. The minimum absolute atomic E-state index is 0.0489. The molecule has 31 heavy (non-hydrogen) atoms. The van der Waals surface area contributed by atoms with Gasteiger partial charge in [-0.3, -0.25) is 9.89 Å². The molecule has 1 aromatic carbocycles. The minimum Gasteiger partial charge on any atom is -0.497 e. The Kier molecular flexibility index (Phi) is 7.42. The van der Waals surface area contributed by atoms with Crippen molar-refractivity contribution >= 4 is 28.7 Å². The third-order valence-corrected chi connectivity index (χ3v) is 4.77. The quantitative estimate of drug-likeness (QED) is 0.529. The number of anilines is 1. The second-order valence-corrected chi connectivity index (χ2v) is 7.18. The number of rotatable bonds is 9. The maximum absolute atomic E-state index is 13.1. The number of H-pyrrole nitrogens is 1. The van der Waals surface area contributed by atoms with Crippen LogP contribution in [0.4, 0.5) is 10.5 Å². The number of carbonyl (C=O) groups excluding carboxylic acids is 2. The number of aryl methyl sites for hydroxylation is 1. The molecule has 164 valence electrons. The zero-order valence-corrected chi connectivity index (χ0v) is 18.0. The largest absolute Gasteiger partial charge is 0.497 e. The van der Waals surface area contributed by atoms with Crippen LogP contribution in [-0.4, -0.2) is 66.4 Å². The molecule has 0 aliphatic carbocycles. The number of hydrogen-bond acceptors (Lipinski definition) is 6. The lowest BCUT2D eigenvalue weighted by atomic mass is 10.1. The molecule has 0 unspecified atom stereocenters. The molecule has 2 aromatic heterocycles. The van der Waals surface area contributed by atoms with E-state index in [-0.39, 0.29) is 18.9 Å². The van der Waals surface area contributed by atoms with Gasteiger partial charge < -0.3 is 19.3 Å². The minimum atomic E-state index is -0.404. The molecule has 0 bridgehead atoms. The van der Waals surface area contributed by atoms with Crippen LogP contribution in [0, 0.1) is 0 Å². The monoisotopic (exact) mass is 425 g/mol. The first-order chi connectivity index (χ1) is 15.0. The van der Waals surface area contributed by atoms with Crippen LogP contribution in [-0.2, 0) is 16.0 Å². The van der Waals surface area contributed by atoms with E-state index >= 15 is 0 Å². The van der Waals surface area contributed by atoms with Crippen molar-refractivity contribution in [3.8, 4) is 5.75 Å². The average molecular weight is 425 g/mol. The Morgan fingerprint density at radius 3 is 2.77 bits per heavy atom. The average Bonchev–Trinajstić information content (AvgIpc) is 3.20. The second-order valence-electron chi connectivity index (χ2n) is 7.18. The van der Waals surface area contributed by atoms with E-state index in [1.54, 1.807) is 32.3 Å². The zero-order chi connectivity index (χ0) is 22.2. The summed E-state index contributed by atoms with van der Waals surface area (Å²) in [5.41, 5.74) is 2.25. The Hall–Kier alpha value is -3.62. The smallest absolute Gasteiger partial charge is 0.409 e. The molecule has 0 spiro atoms. The summed E-state index contributed by atoms with van der Waals surface area (Å²) in [6.45, 7) is 0.635. The molecule has 0 aliphatic rings. The summed E-state index contributed by atoms with van der Waals surface area (Å²) in [4.78, 5) is 32.0. The van der Waals surface area contributed by atoms with E-state index in [0.717, 1.165) is 16.8 Å². The Morgan fingerprint density at radius 2 is 2.00 bits per heavy atom. The van der Waals surface area contributed by atoms with Gasteiger partial charge in [-0.25, -0.2) is 9.78 Å². The van der Waals surface area contributed by atoms with Crippen molar-refractivity contribution in [1.82, 2.24) is 20.1 Å². The first kappa shape index (κ1) is 22.1. The Bertz CT molecular complexity index is 1030. The molecular formula is C22H27N5O4. The molecule has 0 radical (unpaired) electrons. The fourth-order valence-electron chi connectivity index (χ4n) is 3.15. The standard InChI is InChI=1S/C22H27N5O4/c1-26(2)22(29)31-14-6-13-27(16-7-4-8-17(15-16)30-3)20(28)11-10-19-18-9-5-12-23-21(18)25-24-19/h4-5,7-9,12,15H,6,10-11,13-14H2,1-3H3,(H,23,24,25). The van der Waals surface area contributed by atoms with Gasteiger partial charge in [-0.05, 0) is 30.7 Å². The molecule has 2 heterocycles. The number of ether oxygens (including phenoxy) is 2. The predicted molar refractivity (Wildman–Crippen MR) is 117 cm³/mol. The zero-order valence-electron chi connectivity index (χ0n) is 18.0. The normalized spacial score (nSPS) is 10.7. The van der Waals surface area contributed by atoms with Crippen LogP contribution in [0.3, 0.4) is 0 Å². The van der Waals surface area contributed by atoms with Crippen LogP contribution in [0.1, 0.15) is 18.5 Å². The van der Waals surface area contributed by atoms with E-state index in [0.29, 0.717) is 30.8 Å². The highest BCUT2D eigenvalue weighted by atomic mass is 16.6. The van der Waals surface area contributed by atoms with Gasteiger partial charge in [0, 0.05) is 56.8 Å². The van der Waals surface area contributed by atoms with Gasteiger partial charge in [0.25, 0.3) is 0 Å². The first-order valence-corrected chi connectivity index (χ1v) is 10.1. The van der Waals surface area contributed by atoms with Crippen LogP contribution in [0.2, 0.25) is 0 Å². The fourth-order valence-corrected chi connectivity index (χ4v) is 3.15. The SMILES string of the molecule is COc1cccc(N(CCCOC(=O)N(C)C)C(=O)CCc2n[nH]c3ncccc23)c1. The van der Waals surface area contributed by atoms with Crippen molar-refractivity contribution in [2.75, 3.05) is 39.3 Å². The topological polar surface area (TPSA) is 101 Å². The number of nitrogens with one attached hydrogen (secondary N) is 1. The number of aromatic amines is 1. The van der Waals surface area contributed by atoms with E-state index < -0.39 is 6.09 Å². The highest BCUT2D eigenvalue weighted by Gasteiger charge is 2.18. The number of hydrogen-bond donors (Lipinski definition) is 1. The molecule has 2 amide bonds. The summed E-state index contributed by atoms with van der Waals surface area (Å²) in [5.74, 6) is 0.617. The molecular weight excluding hydrogens is 398 g/mol. The molecule has 1 N–H and O–H groups in total. The summed E-state index contributed by atoms with van der Waals surface area (Å²) in [7, 11) is 4.84. The van der Waals surface area contributed by atoms with Crippen molar-refractivity contribution in [3.05, 3.63) is 48.3 Å². The highest BCUT2D eigenvalue weighted by Crippen LogP contribution is 2.23. The number of amides is 2. The Labute approximate surface area is 181 Å². The number of aromatic nitrogens is 3. The van der Waals surface area contributed by atoms with Crippen LogP contribution in [0.5, 0.6) is 5.75 Å². The van der Waals surface area contributed by atoms with E-state index in [4.69, 9.17) is 9.47 Å². The lowest BCUT2D eigenvalue weighted by Crippen LogP contribution is -2.33. The van der Waals surface area contributed by atoms with Crippen LogP contribution in [0.25, 0.3) is 11.0 Å². The molecule has 3 aromatic rings. The van der Waals surface area contributed by atoms with Gasteiger partial charge in [0.15, 0.2) is 5.65 Å². The lowest BCUT2D eigenvalue weighted by molar-refractivity contribution is -0.118. The van der Waals surface area contributed by atoms with Crippen LogP contribution in [0.15, 0.2) is 42.6 Å². The van der Waals surface area contributed by atoms with Crippen LogP contribution >= 0.6 is 0 Å². The summed E-state index contributed by atoms with van der Waals surface area (Å²) >= 11 is 0. The summed E-state index contributed by atoms with van der Waals surface area (Å²) in [6.07, 6.45) is 2.57. The second kappa shape index (κ2) is 10.4. The van der Waals surface area contributed by atoms with Crippen molar-refractivity contribution in [2.24, 2.45) is 0 Å². The molecule has 0 atom stereocenters. The van der Waals surface area contributed by atoms with Crippen molar-refractivity contribution < 1.29 is 19.1 Å². The number of methoxy groups -OCH3 is 1. The van der Waals surface area contributed by atoms with E-state index in [2.05, 4.69) is 15.2 Å². The molecule has 9 heteroatoms. The third kappa shape index (κ3) is 5.71. The van der Waals surface area contributed by atoms with Gasteiger partial charge in [-0.1, -0.05) is 6.07 Å². The molecule has 3 rings (SSSR count). The van der Waals surface area contributed by atoms with Crippen molar-refractivity contribution in [2.45, 2.75) is 19.3 Å². The van der Waals surface area contributed by atoms with Gasteiger partial charge in [0.1, 0.15) is 5.75 Å². The number of fused-ring (bicyclic) bond motifs is 1. The van der Waals surface area contributed by atoms with Crippen LogP contribution < -0.4 is 9.64 Å². The van der Waals surface area contributed by atoms with Gasteiger partial charge in [-0.15, -0.1) is 0 Å². The van der Waals surface area contributed by atoms with Crippen molar-refractivity contribution in [1.29, 1.82) is 0 Å². The van der Waals surface area contributed by atoms with E-state index in [1.807, 2.05) is 36.4 Å². The van der Waals surface area contributed by atoms with E-state index in [1.165, 1.54) is 4.90 Å². The molecule has 0 aliphatic heterocycles. The summed E-state index contributed by atoms with van der Waals surface area (Å²) in [6, 6.07) is 11.1. The van der Waals surface area contributed by atoms with Crippen molar-refractivity contribution in [3.63, 3.8) is 0 Å². The lowest BCUT2D eigenvalue weighted by Gasteiger charge is -2.23. The number of nitrogens with zero attached hydrogens (tertiary/aromatic N) is 4. The van der Waals surface area contributed by atoms with Gasteiger partial charge in [0.05, 0.1) is 19.4 Å². The Morgan fingerprint density at radius 1 is 1.16 bits per heavy atom. The molecule has 0 saturated heterocycles. The summed E-state index contributed by atoms with van der Waals surface area (Å²) in [5, 5.41) is 8.11. The number of pyridine rings is 1. The van der Waals surface area contributed by atoms with Gasteiger partial charge in [-0.2, -0.15) is 5.10 Å². The number of carbonyl (C=O) groups is 2. The molecule has 9 nitrogen and oxygen atoms in total. The van der Waals surface area contributed by atoms with E-state index in [9.17, 15) is 9.59 Å². The number of benzene rings is 1. The summed E-state index contributed by atoms with van der Waals surface area (Å²) < 4.78 is 10.5. The highest BCUT2D eigenvalue weighted by molar-refractivity contribution is 5.94. The maximum Gasteiger partial charge on any atom is 0.409 e. The third-order valence-electron chi connectivity index (χ3n) is 4.77. The fraction of sp³-hybridized carbons (Fsp3) is 0.364. The molecule has 0 saturated carbocycles. The van der Waals surface area contributed by atoms with Gasteiger partial charge in [0.2, 0.25) is 5.91 Å². The predicted octanol–water partition coefficient (Wildman–Crippen LogP) is 3.02.